The number of imidazole rings is 1. The van der Waals surface area contributed by atoms with E-state index in [2.05, 4.69) is 42.9 Å². The van der Waals surface area contributed by atoms with Gasteiger partial charge in [0.05, 0.1) is 0 Å². The third-order valence-corrected chi connectivity index (χ3v) is 7.08. The standard InChI is InChI=1S/C18H18FIN6OS/c1-22-14(27)4-5-26-17-15(16(21)23-8-24-17)25-18(26)28-13-7-10-9(6-12(13)20)2-3-11(10)19/h6-8,11H,2-5H2,1H3,(H,22,27)(H2,21,23,24). The first kappa shape index (κ1) is 19.4. The number of carbonyl (C=O) groups is 1. The molecule has 0 radical (unpaired) electrons. The average Bonchev–Trinajstić information content (AvgIpc) is 3.21. The molecule has 1 aliphatic rings. The zero-order chi connectivity index (χ0) is 19.8. The van der Waals surface area contributed by atoms with Crippen molar-refractivity contribution in [2.24, 2.45) is 0 Å². The van der Waals surface area contributed by atoms with Crippen molar-refractivity contribution in [2.75, 3.05) is 12.8 Å². The monoisotopic (exact) mass is 512 g/mol. The molecular weight excluding hydrogens is 494 g/mol. The predicted molar refractivity (Wildman–Crippen MR) is 114 cm³/mol. The summed E-state index contributed by atoms with van der Waals surface area (Å²) in [5.74, 6) is 0.213. The molecule has 0 saturated carbocycles. The maximum absolute atomic E-state index is 14.2. The highest BCUT2D eigenvalue weighted by Gasteiger charge is 2.25. The molecule has 4 rings (SSSR count). The molecule has 0 saturated heterocycles. The Balaban J connectivity index is 1.75. The number of rotatable bonds is 5. The van der Waals surface area contributed by atoms with Gasteiger partial charge in [0.25, 0.3) is 0 Å². The minimum atomic E-state index is -0.917. The topological polar surface area (TPSA) is 98.7 Å². The number of benzene rings is 1. The van der Waals surface area contributed by atoms with Gasteiger partial charge in [-0.2, -0.15) is 0 Å². The fourth-order valence-electron chi connectivity index (χ4n) is 3.28. The van der Waals surface area contributed by atoms with Gasteiger partial charge in [-0.15, -0.1) is 0 Å². The Hall–Kier alpha value is -1.95. The van der Waals surface area contributed by atoms with Crippen LogP contribution in [0.1, 0.15) is 30.1 Å². The molecule has 0 spiro atoms. The summed E-state index contributed by atoms with van der Waals surface area (Å²) < 4.78 is 17.1. The lowest BCUT2D eigenvalue weighted by Crippen LogP contribution is -2.19. The number of halogens is 2. The lowest BCUT2D eigenvalue weighted by Gasteiger charge is -2.11. The maximum atomic E-state index is 14.2. The lowest BCUT2D eigenvalue weighted by molar-refractivity contribution is -0.120. The van der Waals surface area contributed by atoms with E-state index in [4.69, 9.17) is 5.73 Å². The molecule has 1 aromatic carbocycles. The van der Waals surface area contributed by atoms with E-state index in [1.165, 1.54) is 18.1 Å². The van der Waals surface area contributed by atoms with E-state index in [1.807, 2.05) is 16.7 Å². The van der Waals surface area contributed by atoms with Gasteiger partial charge in [-0.3, -0.25) is 4.79 Å². The van der Waals surface area contributed by atoms with E-state index in [9.17, 15) is 9.18 Å². The van der Waals surface area contributed by atoms with Crippen molar-refractivity contribution < 1.29 is 9.18 Å². The third kappa shape index (κ3) is 3.54. The zero-order valence-electron chi connectivity index (χ0n) is 15.1. The van der Waals surface area contributed by atoms with Crippen molar-refractivity contribution in [1.82, 2.24) is 24.8 Å². The number of carbonyl (C=O) groups excluding carboxylic acids is 1. The second-order valence-electron chi connectivity index (χ2n) is 6.49. The van der Waals surface area contributed by atoms with Gasteiger partial charge < -0.3 is 15.6 Å². The summed E-state index contributed by atoms with van der Waals surface area (Å²) in [5.41, 5.74) is 8.89. The molecule has 146 valence electrons. The fourth-order valence-corrected chi connectivity index (χ4v) is 5.11. The Labute approximate surface area is 178 Å². The molecular formula is C18H18FIN6OS. The summed E-state index contributed by atoms with van der Waals surface area (Å²) in [6.45, 7) is 0.405. The van der Waals surface area contributed by atoms with E-state index >= 15 is 0 Å². The zero-order valence-corrected chi connectivity index (χ0v) is 18.1. The minimum Gasteiger partial charge on any atom is -0.382 e. The number of hydrogen-bond donors (Lipinski definition) is 2. The molecule has 10 heteroatoms. The molecule has 0 fully saturated rings. The fraction of sp³-hybridized carbons (Fsp3) is 0.333. The van der Waals surface area contributed by atoms with Crippen LogP contribution in [0.25, 0.3) is 11.2 Å². The molecule has 7 nitrogen and oxygen atoms in total. The van der Waals surface area contributed by atoms with Crippen molar-refractivity contribution in [2.45, 2.75) is 42.0 Å². The van der Waals surface area contributed by atoms with Crippen molar-refractivity contribution in [3.05, 3.63) is 33.2 Å². The van der Waals surface area contributed by atoms with Gasteiger partial charge in [0, 0.05) is 28.5 Å². The molecule has 1 unspecified atom stereocenters. The van der Waals surface area contributed by atoms with Gasteiger partial charge in [-0.1, -0.05) is 11.8 Å². The summed E-state index contributed by atoms with van der Waals surface area (Å²) in [5, 5.41) is 3.27. The molecule has 3 N–H and O–H groups in total. The number of nitrogens with zero attached hydrogens (tertiary/aromatic N) is 4. The smallest absolute Gasteiger partial charge is 0.221 e. The van der Waals surface area contributed by atoms with Crippen molar-refractivity contribution in [3.63, 3.8) is 0 Å². The van der Waals surface area contributed by atoms with Gasteiger partial charge in [-0.25, -0.2) is 19.3 Å². The van der Waals surface area contributed by atoms with Crippen LogP contribution in [0.15, 0.2) is 28.5 Å². The van der Waals surface area contributed by atoms with E-state index in [0.29, 0.717) is 29.3 Å². The van der Waals surface area contributed by atoms with Crippen molar-refractivity contribution in [3.8, 4) is 0 Å². The summed E-state index contributed by atoms with van der Waals surface area (Å²) >= 11 is 3.69. The molecule has 0 bridgehead atoms. The molecule has 28 heavy (non-hydrogen) atoms. The maximum Gasteiger partial charge on any atom is 0.221 e. The van der Waals surface area contributed by atoms with Crippen LogP contribution in [-0.2, 0) is 17.8 Å². The second-order valence-corrected chi connectivity index (χ2v) is 8.66. The highest BCUT2D eigenvalue weighted by atomic mass is 127. The van der Waals surface area contributed by atoms with E-state index in [-0.39, 0.29) is 18.1 Å². The second kappa shape index (κ2) is 7.82. The van der Waals surface area contributed by atoms with Gasteiger partial charge >= 0.3 is 0 Å². The van der Waals surface area contributed by atoms with Crippen LogP contribution in [0.4, 0.5) is 10.2 Å². The van der Waals surface area contributed by atoms with Crippen LogP contribution in [0.5, 0.6) is 0 Å². The highest BCUT2D eigenvalue weighted by molar-refractivity contribution is 14.1. The molecule has 1 atom stereocenters. The van der Waals surface area contributed by atoms with E-state index in [1.54, 1.807) is 7.05 Å². The number of nitrogen functional groups attached to an aromatic ring is 1. The highest BCUT2D eigenvalue weighted by Crippen LogP contribution is 2.41. The predicted octanol–water partition coefficient (Wildman–Crippen LogP) is 3.26. The number of aromatic nitrogens is 4. The number of aryl methyl sites for hydroxylation is 2. The Morgan fingerprint density at radius 2 is 2.29 bits per heavy atom. The summed E-state index contributed by atoms with van der Waals surface area (Å²) in [4.78, 5) is 25.6. The summed E-state index contributed by atoms with van der Waals surface area (Å²) in [6, 6.07) is 3.96. The normalized spacial score (nSPS) is 15.8. The Morgan fingerprint density at radius 1 is 1.46 bits per heavy atom. The Kier molecular flexibility index (Phi) is 5.41. The number of anilines is 1. The number of amides is 1. The van der Waals surface area contributed by atoms with Crippen LogP contribution in [0.2, 0.25) is 0 Å². The van der Waals surface area contributed by atoms with Crippen molar-refractivity contribution in [1.29, 1.82) is 0 Å². The summed E-state index contributed by atoms with van der Waals surface area (Å²) in [6.07, 6.45) is 2.06. The number of nitrogens with one attached hydrogen (secondary N) is 1. The minimum absolute atomic E-state index is 0.0767. The van der Waals surface area contributed by atoms with Gasteiger partial charge in [0.15, 0.2) is 22.1 Å². The molecule has 1 amide bonds. The first-order chi connectivity index (χ1) is 13.5. The number of fused-ring (bicyclic) bond motifs is 2. The van der Waals surface area contributed by atoms with Crippen LogP contribution >= 0.6 is 34.4 Å². The average molecular weight is 512 g/mol. The molecule has 0 aliphatic heterocycles. The van der Waals surface area contributed by atoms with E-state index < -0.39 is 6.17 Å². The number of nitrogens with two attached hydrogens (primary N) is 1. The SMILES string of the molecule is CNC(=O)CCn1c(Sc2cc3c(cc2I)CCC3F)nc2c(N)ncnc21. The molecule has 1 aliphatic carbocycles. The first-order valence-corrected chi connectivity index (χ1v) is 10.7. The largest absolute Gasteiger partial charge is 0.382 e. The van der Waals surface area contributed by atoms with Crippen LogP contribution < -0.4 is 11.1 Å². The van der Waals surface area contributed by atoms with Crippen LogP contribution in [0.3, 0.4) is 0 Å². The van der Waals surface area contributed by atoms with E-state index in [0.717, 1.165) is 26.0 Å². The summed E-state index contributed by atoms with van der Waals surface area (Å²) in [7, 11) is 1.60. The van der Waals surface area contributed by atoms with Crippen molar-refractivity contribution >= 4 is 57.2 Å². The lowest BCUT2D eigenvalue weighted by atomic mass is 10.1. The first-order valence-electron chi connectivity index (χ1n) is 8.79. The quantitative estimate of drug-likeness (QED) is 0.510. The Morgan fingerprint density at radius 3 is 3.07 bits per heavy atom. The molecule has 3 aromatic rings. The number of alkyl halides is 1. The third-order valence-electron chi connectivity index (χ3n) is 4.77. The number of hydrogen-bond acceptors (Lipinski definition) is 6. The van der Waals surface area contributed by atoms with Gasteiger partial charge in [0.2, 0.25) is 5.91 Å². The van der Waals surface area contributed by atoms with Gasteiger partial charge in [0.1, 0.15) is 12.5 Å². The van der Waals surface area contributed by atoms with Crippen LogP contribution in [0, 0.1) is 3.57 Å². The Bertz CT molecular complexity index is 1070. The molecule has 2 aromatic heterocycles. The van der Waals surface area contributed by atoms with Gasteiger partial charge in [-0.05, 0) is 58.7 Å². The molecule has 2 heterocycles. The van der Waals surface area contributed by atoms with Crippen LogP contribution in [-0.4, -0.2) is 32.5 Å².